The highest BCUT2D eigenvalue weighted by Gasteiger charge is 2.14. The molecule has 0 amide bonds. The Morgan fingerprint density at radius 2 is 1.88 bits per heavy atom. The molecule has 0 aliphatic carbocycles. The van der Waals surface area contributed by atoms with Gasteiger partial charge in [0, 0.05) is 16.9 Å². The highest BCUT2D eigenvalue weighted by molar-refractivity contribution is 7.97. The largest absolute Gasteiger partial charge is 0.481 e. The summed E-state index contributed by atoms with van der Waals surface area (Å²) in [6.45, 7) is 2.17. The zero-order valence-electron chi connectivity index (χ0n) is 9.70. The van der Waals surface area contributed by atoms with Gasteiger partial charge in [-0.25, -0.2) is 8.54 Å². The lowest BCUT2D eigenvalue weighted by atomic mass is 10.1. The monoisotopic (exact) mass is 276 g/mol. The Bertz CT molecular complexity index is 374. The lowest BCUT2D eigenvalue weighted by Gasteiger charge is -2.04. The first-order valence-corrected chi connectivity index (χ1v) is 7.79. The van der Waals surface area contributed by atoms with E-state index in [1.807, 2.05) is 24.3 Å². The van der Waals surface area contributed by atoms with Gasteiger partial charge in [0.25, 0.3) is 0 Å². The molecule has 4 nitrogen and oxygen atoms in total. The lowest BCUT2D eigenvalue weighted by Crippen LogP contribution is -1.85. The zero-order valence-corrected chi connectivity index (χ0v) is 11.4. The molecule has 1 rings (SSSR count). The minimum absolute atomic E-state index is 0.688. The summed E-state index contributed by atoms with van der Waals surface area (Å²) in [7, 11) is -4.40. The maximum atomic E-state index is 10.5. The summed E-state index contributed by atoms with van der Waals surface area (Å²) in [6.07, 6.45) is 4.63. The van der Waals surface area contributed by atoms with Gasteiger partial charge in [0.05, 0.1) is 0 Å². The average Bonchev–Trinajstić information content (AvgIpc) is 2.27. The summed E-state index contributed by atoms with van der Waals surface area (Å²) in [6, 6.07) is 7.53. The molecule has 0 saturated carbocycles. The molecule has 1 aromatic rings. The third-order valence-electron chi connectivity index (χ3n) is 2.22. The van der Waals surface area contributed by atoms with Crippen molar-refractivity contribution < 1.29 is 18.3 Å². The van der Waals surface area contributed by atoms with E-state index >= 15 is 0 Å². The van der Waals surface area contributed by atoms with E-state index in [-0.39, 0.29) is 0 Å². The molecule has 0 bridgehead atoms. The molecule has 0 heterocycles. The van der Waals surface area contributed by atoms with Crippen LogP contribution in [0.1, 0.15) is 31.7 Å². The van der Waals surface area contributed by atoms with Gasteiger partial charge in [-0.2, -0.15) is 0 Å². The number of hydrogen-bond acceptors (Lipinski definition) is 3. The topological polar surface area (TPSA) is 66.8 Å². The van der Waals surface area contributed by atoms with Crippen molar-refractivity contribution in [3.05, 3.63) is 29.8 Å². The summed E-state index contributed by atoms with van der Waals surface area (Å²) >= 11 is 0.701. The average molecular weight is 276 g/mol. The molecule has 0 aliphatic heterocycles. The minimum Gasteiger partial charge on any atom is -0.302 e. The Kier molecular flexibility index (Phi) is 6.23. The molecule has 0 fully saturated rings. The third-order valence-corrected chi connectivity index (χ3v) is 3.76. The second kappa shape index (κ2) is 7.19. The van der Waals surface area contributed by atoms with E-state index in [1.165, 1.54) is 24.8 Å². The van der Waals surface area contributed by atoms with Crippen LogP contribution < -0.4 is 0 Å². The maximum Gasteiger partial charge on any atom is 0.481 e. The van der Waals surface area contributed by atoms with Crippen molar-refractivity contribution in [1.82, 2.24) is 0 Å². The Labute approximate surface area is 106 Å². The van der Waals surface area contributed by atoms with E-state index < -0.39 is 7.82 Å². The Morgan fingerprint density at radius 1 is 1.24 bits per heavy atom. The first-order chi connectivity index (χ1) is 8.01. The number of hydrogen-bond donors (Lipinski definition) is 2. The highest BCUT2D eigenvalue weighted by atomic mass is 32.2. The fraction of sp³-hybridized carbons (Fsp3) is 0.455. The molecule has 96 valence electrons. The normalized spacial score (nSPS) is 11.7. The van der Waals surface area contributed by atoms with Gasteiger partial charge < -0.3 is 9.79 Å². The number of aryl methyl sites for hydroxylation is 1. The van der Waals surface area contributed by atoms with Gasteiger partial charge in [-0.1, -0.05) is 31.9 Å². The Morgan fingerprint density at radius 3 is 2.41 bits per heavy atom. The highest BCUT2D eigenvalue weighted by Crippen LogP contribution is 2.43. The molecule has 0 unspecified atom stereocenters. The van der Waals surface area contributed by atoms with E-state index in [0.717, 1.165) is 6.42 Å². The van der Waals surface area contributed by atoms with Crippen molar-refractivity contribution in [1.29, 1.82) is 0 Å². The zero-order chi connectivity index (χ0) is 12.7. The maximum absolute atomic E-state index is 10.5. The molecular formula is C11H17O4PS. The second-order valence-corrected chi connectivity index (χ2v) is 5.97. The van der Waals surface area contributed by atoms with Gasteiger partial charge in [0.15, 0.2) is 0 Å². The van der Waals surface area contributed by atoms with Crippen LogP contribution in [0.15, 0.2) is 29.2 Å². The van der Waals surface area contributed by atoms with Gasteiger partial charge >= 0.3 is 7.82 Å². The fourth-order valence-electron chi connectivity index (χ4n) is 1.38. The van der Waals surface area contributed by atoms with Crippen molar-refractivity contribution in [3.8, 4) is 0 Å². The van der Waals surface area contributed by atoms with Crippen molar-refractivity contribution in [2.75, 3.05) is 0 Å². The number of rotatable bonds is 7. The molecule has 0 aromatic heterocycles. The van der Waals surface area contributed by atoms with E-state index in [2.05, 4.69) is 10.9 Å². The van der Waals surface area contributed by atoms with E-state index in [9.17, 15) is 4.57 Å². The number of benzene rings is 1. The first-order valence-electron chi connectivity index (χ1n) is 5.52. The summed E-state index contributed by atoms with van der Waals surface area (Å²) < 4.78 is 14.8. The van der Waals surface area contributed by atoms with Crippen molar-refractivity contribution in [2.24, 2.45) is 0 Å². The lowest BCUT2D eigenvalue weighted by molar-refractivity contribution is 0.298. The van der Waals surface area contributed by atoms with Crippen LogP contribution in [0.4, 0.5) is 0 Å². The summed E-state index contributed by atoms with van der Waals surface area (Å²) in [5.74, 6) is 0. The first kappa shape index (κ1) is 14.7. The van der Waals surface area contributed by atoms with Crippen LogP contribution in [-0.4, -0.2) is 9.79 Å². The van der Waals surface area contributed by atoms with E-state index in [0.29, 0.717) is 16.9 Å². The van der Waals surface area contributed by atoms with Crippen molar-refractivity contribution in [3.63, 3.8) is 0 Å². The predicted octanol–water partition coefficient (Wildman–Crippen LogP) is 3.54. The van der Waals surface area contributed by atoms with Gasteiger partial charge in [0.1, 0.15) is 0 Å². The number of phosphoric acid groups is 1. The SMILES string of the molecule is CCCCCc1ccc(SOP(=O)(O)O)cc1. The van der Waals surface area contributed by atoms with Crippen LogP contribution in [0.2, 0.25) is 0 Å². The molecule has 2 N–H and O–H groups in total. The summed E-state index contributed by atoms with van der Waals surface area (Å²) in [5.41, 5.74) is 1.24. The van der Waals surface area contributed by atoms with Crippen LogP contribution >= 0.6 is 19.9 Å². The van der Waals surface area contributed by atoms with Gasteiger partial charge in [-0.15, -0.1) is 0 Å². The molecule has 0 radical (unpaired) electrons. The standard InChI is InChI=1S/C11H17O4PS/c1-2-3-4-5-10-6-8-11(9-7-10)17-15-16(12,13)14/h6-9H,2-5H2,1H3,(H2,12,13,14). The molecule has 6 heteroatoms. The molecule has 0 atom stereocenters. The molecule has 0 saturated heterocycles. The smallest absolute Gasteiger partial charge is 0.302 e. The molecule has 17 heavy (non-hydrogen) atoms. The van der Waals surface area contributed by atoms with Crippen LogP contribution in [0, 0.1) is 0 Å². The van der Waals surface area contributed by atoms with E-state index in [1.54, 1.807) is 0 Å². The summed E-state index contributed by atoms with van der Waals surface area (Å²) in [5, 5.41) is 0. The van der Waals surface area contributed by atoms with E-state index in [4.69, 9.17) is 9.79 Å². The number of unbranched alkanes of at least 4 members (excludes halogenated alkanes) is 2. The van der Waals surface area contributed by atoms with Gasteiger partial charge in [-0.05, 0) is 30.5 Å². The minimum atomic E-state index is -4.40. The molecule has 1 aromatic carbocycles. The van der Waals surface area contributed by atoms with Crippen molar-refractivity contribution >= 4 is 19.9 Å². The van der Waals surface area contributed by atoms with Crippen LogP contribution in [0.25, 0.3) is 0 Å². The Balaban J connectivity index is 2.42. The van der Waals surface area contributed by atoms with Crippen LogP contribution in [0.5, 0.6) is 0 Å². The van der Waals surface area contributed by atoms with Crippen molar-refractivity contribution in [2.45, 2.75) is 37.5 Å². The third kappa shape index (κ3) is 6.86. The quantitative estimate of drug-likeness (QED) is 0.453. The molecular weight excluding hydrogens is 259 g/mol. The fourth-order valence-corrected chi connectivity index (χ4v) is 2.36. The van der Waals surface area contributed by atoms with Crippen LogP contribution in [-0.2, 0) is 15.0 Å². The molecule has 0 spiro atoms. The van der Waals surface area contributed by atoms with Crippen LogP contribution in [0.3, 0.4) is 0 Å². The Hall–Kier alpha value is -0.320. The second-order valence-electron chi connectivity index (χ2n) is 3.75. The van der Waals surface area contributed by atoms with Gasteiger partial charge in [0.2, 0.25) is 0 Å². The van der Waals surface area contributed by atoms with Gasteiger partial charge in [-0.3, -0.25) is 0 Å². The molecule has 0 aliphatic rings. The summed E-state index contributed by atoms with van der Waals surface area (Å²) in [4.78, 5) is 17.8. The predicted molar refractivity (Wildman–Crippen MR) is 68.7 cm³/mol.